The van der Waals surface area contributed by atoms with Crippen molar-refractivity contribution >= 4 is 5.95 Å². The van der Waals surface area contributed by atoms with Crippen LogP contribution in [0.15, 0.2) is 36.7 Å². The molecular weight excluding hydrogens is 416 g/mol. The van der Waals surface area contributed by atoms with E-state index in [1.165, 1.54) is 12.4 Å². The fourth-order valence-corrected chi connectivity index (χ4v) is 3.35. The molecule has 0 atom stereocenters. The molecule has 0 unspecified atom stereocenters. The number of halogens is 6. The average Bonchev–Trinajstić information content (AvgIpc) is 2.68. The van der Waals surface area contributed by atoms with Crippen LogP contribution in [0.1, 0.15) is 31.2 Å². The second-order valence-corrected chi connectivity index (χ2v) is 7.23. The van der Waals surface area contributed by atoms with Crippen molar-refractivity contribution in [1.29, 1.82) is 0 Å². The smallest absolute Gasteiger partial charge is 0.393 e. The van der Waals surface area contributed by atoms with E-state index in [1.807, 2.05) is 0 Å². The number of hydrogen-bond donors (Lipinski definition) is 3. The van der Waals surface area contributed by atoms with Gasteiger partial charge in [0.1, 0.15) is 0 Å². The zero-order valence-electron chi connectivity index (χ0n) is 15.5. The summed E-state index contributed by atoms with van der Waals surface area (Å²) in [5.41, 5.74) is -5.62. The topological polar surface area (TPSA) is 78.3 Å². The number of aliphatic hydroxyl groups is 2. The van der Waals surface area contributed by atoms with Gasteiger partial charge in [0.25, 0.3) is 5.60 Å². The molecule has 1 aromatic heterocycles. The highest BCUT2D eigenvalue weighted by Gasteiger charge is 2.71. The Kier molecular flexibility index (Phi) is 5.96. The summed E-state index contributed by atoms with van der Waals surface area (Å²) in [6, 6.07) is 3.34. The number of aliphatic hydroxyl groups excluding tert-OH is 1. The number of aromatic nitrogens is 2. The summed E-state index contributed by atoms with van der Waals surface area (Å²) in [6.45, 7) is 0. The molecule has 1 fully saturated rings. The number of alkyl halides is 6. The van der Waals surface area contributed by atoms with Gasteiger partial charge in [-0.2, -0.15) is 26.3 Å². The van der Waals surface area contributed by atoms with Crippen LogP contribution in [0.5, 0.6) is 0 Å². The summed E-state index contributed by atoms with van der Waals surface area (Å²) >= 11 is 0. The van der Waals surface area contributed by atoms with Crippen molar-refractivity contribution in [3.05, 3.63) is 42.2 Å². The highest BCUT2D eigenvalue weighted by Crippen LogP contribution is 2.50. The molecule has 0 amide bonds. The fraction of sp³-hybridized carbons (Fsp3) is 0.474. The van der Waals surface area contributed by atoms with Crippen molar-refractivity contribution < 1.29 is 36.6 Å². The molecule has 0 aliphatic heterocycles. The van der Waals surface area contributed by atoms with E-state index >= 15 is 0 Å². The molecule has 5 nitrogen and oxygen atoms in total. The first-order chi connectivity index (χ1) is 13.9. The first-order valence-corrected chi connectivity index (χ1v) is 9.15. The van der Waals surface area contributed by atoms with Gasteiger partial charge in [-0.05, 0) is 31.2 Å². The van der Waals surface area contributed by atoms with E-state index in [9.17, 15) is 36.6 Å². The summed E-state index contributed by atoms with van der Waals surface area (Å²) in [6.07, 6.45) is -6.53. The summed E-state index contributed by atoms with van der Waals surface area (Å²) in [5.74, 6) is 0.334. The van der Waals surface area contributed by atoms with Crippen molar-refractivity contribution in [2.75, 3.05) is 5.32 Å². The van der Waals surface area contributed by atoms with Crippen LogP contribution >= 0.6 is 0 Å². The molecule has 2 aromatic rings. The Balaban J connectivity index is 1.76. The van der Waals surface area contributed by atoms with Crippen molar-refractivity contribution in [3.63, 3.8) is 0 Å². The molecule has 1 heterocycles. The van der Waals surface area contributed by atoms with E-state index in [4.69, 9.17) is 0 Å². The van der Waals surface area contributed by atoms with E-state index in [0.717, 1.165) is 25.0 Å². The third-order valence-corrected chi connectivity index (χ3v) is 5.14. The maximum absolute atomic E-state index is 13.0. The number of nitrogens with one attached hydrogen (secondary N) is 1. The minimum Gasteiger partial charge on any atom is -0.393 e. The normalized spacial score (nSPS) is 20.8. The highest BCUT2D eigenvalue weighted by molar-refractivity contribution is 5.62. The van der Waals surface area contributed by atoms with Gasteiger partial charge < -0.3 is 15.5 Å². The number of nitrogens with zero attached hydrogens (tertiary/aromatic N) is 2. The van der Waals surface area contributed by atoms with Crippen LogP contribution in [0, 0.1) is 0 Å². The minimum absolute atomic E-state index is 0.112. The van der Waals surface area contributed by atoms with Crippen molar-refractivity contribution in [1.82, 2.24) is 9.97 Å². The van der Waals surface area contributed by atoms with Crippen LogP contribution in [-0.4, -0.2) is 44.7 Å². The fourth-order valence-electron chi connectivity index (χ4n) is 3.35. The first-order valence-electron chi connectivity index (χ1n) is 9.15. The molecule has 11 heteroatoms. The summed E-state index contributed by atoms with van der Waals surface area (Å²) < 4.78 is 77.7. The van der Waals surface area contributed by atoms with Gasteiger partial charge in [0.05, 0.1) is 6.10 Å². The number of anilines is 1. The zero-order valence-corrected chi connectivity index (χ0v) is 15.5. The van der Waals surface area contributed by atoms with Crippen molar-refractivity contribution in [2.24, 2.45) is 0 Å². The Hall–Kier alpha value is -2.40. The predicted octanol–water partition coefficient (Wildman–Crippen LogP) is 4.17. The molecule has 1 aliphatic rings. The molecule has 0 saturated heterocycles. The first kappa shape index (κ1) is 22.3. The summed E-state index contributed by atoms with van der Waals surface area (Å²) in [5, 5.41) is 22.1. The lowest BCUT2D eigenvalue weighted by molar-refractivity contribution is -0.376. The van der Waals surface area contributed by atoms with Gasteiger partial charge in [-0.25, -0.2) is 9.97 Å². The van der Waals surface area contributed by atoms with Crippen molar-refractivity contribution in [3.8, 4) is 11.1 Å². The van der Waals surface area contributed by atoms with Crippen molar-refractivity contribution in [2.45, 2.75) is 55.8 Å². The predicted molar refractivity (Wildman–Crippen MR) is 95.4 cm³/mol. The molecule has 30 heavy (non-hydrogen) atoms. The molecule has 3 N–H and O–H groups in total. The monoisotopic (exact) mass is 435 g/mol. The molecule has 0 radical (unpaired) electrons. The van der Waals surface area contributed by atoms with E-state index in [2.05, 4.69) is 15.3 Å². The van der Waals surface area contributed by atoms with Gasteiger partial charge in [-0.1, -0.05) is 24.3 Å². The standard InChI is InChI=1S/C19H19F6N3O2/c20-18(21,22)17(30,19(23,24)25)13-3-1-11(2-4-13)12-9-26-16(27-10-12)28-14-5-7-15(29)8-6-14/h1-4,9-10,14-15,29-30H,5-8H2,(H,26,27,28). The van der Waals surface area contributed by atoms with Gasteiger partial charge in [0.15, 0.2) is 0 Å². The number of hydrogen-bond acceptors (Lipinski definition) is 5. The molecule has 0 bridgehead atoms. The Morgan fingerprint density at radius 1 is 0.800 bits per heavy atom. The van der Waals surface area contributed by atoms with Gasteiger partial charge >= 0.3 is 12.4 Å². The highest BCUT2D eigenvalue weighted by atomic mass is 19.4. The zero-order chi connectivity index (χ0) is 22.2. The number of benzene rings is 1. The second-order valence-electron chi connectivity index (χ2n) is 7.23. The molecule has 1 aliphatic carbocycles. The van der Waals surface area contributed by atoms with Gasteiger partial charge in [0, 0.05) is 29.6 Å². The Labute approximate surface area is 167 Å². The van der Waals surface area contributed by atoms with Crippen LogP contribution in [0.3, 0.4) is 0 Å². The summed E-state index contributed by atoms with van der Waals surface area (Å²) in [7, 11) is 0. The Bertz CT molecular complexity index is 831. The van der Waals surface area contributed by atoms with E-state index < -0.39 is 23.5 Å². The third kappa shape index (κ3) is 4.36. The lowest BCUT2D eigenvalue weighted by atomic mass is 9.91. The Morgan fingerprint density at radius 2 is 1.30 bits per heavy atom. The van der Waals surface area contributed by atoms with Gasteiger partial charge in [0.2, 0.25) is 5.95 Å². The molecule has 3 rings (SSSR count). The third-order valence-electron chi connectivity index (χ3n) is 5.14. The van der Waals surface area contributed by atoms with E-state index in [0.29, 0.717) is 36.5 Å². The molecule has 0 spiro atoms. The second kappa shape index (κ2) is 8.03. The molecular formula is C19H19F6N3O2. The molecule has 164 valence electrons. The van der Waals surface area contributed by atoms with Crippen LogP contribution in [0.25, 0.3) is 11.1 Å². The minimum atomic E-state index is -5.93. The maximum Gasteiger partial charge on any atom is 0.430 e. The van der Waals surface area contributed by atoms with E-state index in [-0.39, 0.29) is 17.7 Å². The van der Waals surface area contributed by atoms with Gasteiger partial charge in [-0.3, -0.25) is 0 Å². The Morgan fingerprint density at radius 3 is 1.77 bits per heavy atom. The van der Waals surface area contributed by atoms with Crippen LogP contribution in [0.4, 0.5) is 32.3 Å². The SMILES string of the molecule is OC1CCC(Nc2ncc(-c3ccc(C(O)(C(F)(F)F)C(F)(F)F)cc3)cn2)CC1. The quantitative estimate of drug-likeness (QED) is 0.629. The molecule has 1 aromatic carbocycles. The lowest BCUT2D eigenvalue weighted by Gasteiger charge is -2.32. The number of rotatable bonds is 4. The van der Waals surface area contributed by atoms with Crippen LogP contribution < -0.4 is 5.32 Å². The molecule has 1 saturated carbocycles. The van der Waals surface area contributed by atoms with Crippen LogP contribution in [0.2, 0.25) is 0 Å². The average molecular weight is 435 g/mol. The van der Waals surface area contributed by atoms with Gasteiger partial charge in [-0.15, -0.1) is 0 Å². The van der Waals surface area contributed by atoms with Crippen LogP contribution in [-0.2, 0) is 5.60 Å². The van der Waals surface area contributed by atoms with E-state index in [1.54, 1.807) is 0 Å². The maximum atomic E-state index is 13.0. The largest absolute Gasteiger partial charge is 0.430 e. The lowest BCUT2D eigenvalue weighted by Crippen LogP contribution is -2.53. The summed E-state index contributed by atoms with van der Waals surface area (Å²) in [4.78, 5) is 8.25.